The Morgan fingerprint density at radius 1 is 0.500 bits per heavy atom. The number of phosphoric acid groups is 1. The summed E-state index contributed by atoms with van der Waals surface area (Å²) in [6.07, 6.45) is 63.6. The van der Waals surface area contributed by atoms with Crippen LogP contribution in [0.5, 0.6) is 0 Å². The molecule has 0 heterocycles. The molecule has 3 N–H and O–H groups in total. The number of carbonyl (C=O) groups excluding carboxylic acids is 1. The number of unbranched alkanes of at least 4 members (excludes halogenated alkanes) is 23. The first-order chi connectivity index (χ1) is 30.4. The Balaban J connectivity index is 3.96. The maximum Gasteiger partial charge on any atom is 0.472 e. The van der Waals surface area contributed by atoms with E-state index in [0.29, 0.717) is 13.0 Å². The number of carbonyl (C=O) groups is 1. The van der Waals surface area contributed by atoms with Crippen molar-refractivity contribution in [1.29, 1.82) is 0 Å². The van der Waals surface area contributed by atoms with Crippen LogP contribution < -0.4 is 5.73 Å². The fourth-order valence-corrected chi connectivity index (χ4v) is 7.67. The number of esters is 1. The molecule has 0 aromatic rings. The number of phosphoric ester groups is 1. The minimum absolute atomic E-state index is 0.0939. The second kappa shape index (κ2) is 49.9. The molecule has 0 aliphatic carbocycles. The topological polar surface area (TPSA) is 117 Å². The monoisotopic (exact) mass is 890 g/mol. The molecule has 62 heavy (non-hydrogen) atoms. The van der Waals surface area contributed by atoms with Gasteiger partial charge in [0.25, 0.3) is 0 Å². The number of hydrogen-bond donors (Lipinski definition) is 2. The number of hydrogen-bond acceptors (Lipinski definition) is 7. The Hall–Kier alpha value is -2.06. The second-order valence-electron chi connectivity index (χ2n) is 16.6. The smallest absolute Gasteiger partial charge is 0.457 e. The van der Waals surface area contributed by atoms with Crippen molar-refractivity contribution in [3.05, 3.63) is 72.9 Å². The highest BCUT2D eigenvalue weighted by atomic mass is 31.2. The first kappa shape index (κ1) is 59.9. The molecule has 0 radical (unpaired) electrons. The van der Waals surface area contributed by atoms with Crippen molar-refractivity contribution in [2.45, 2.75) is 225 Å². The molecule has 0 spiro atoms. The summed E-state index contributed by atoms with van der Waals surface area (Å²) < 4.78 is 33.6. The van der Waals surface area contributed by atoms with Gasteiger partial charge < -0.3 is 20.1 Å². The van der Waals surface area contributed by atoms with Gasteiger partial charge in [-0.3, -0.25) is 13.8 Å². The summed E-state index contributed by atoms with van der Waals surface area (Å²) in [5.41, 5.74) is 5.39. The quantitative estimate of drug-likeness (QED) is 0.0268. The third-order valence-corrected chi connectivity index (χ3v) is 11.6. The third-order valence-electron chi connectivity index (χ3n) is 10.6. The molecule has 0 aromatic carbocycles. The zero-order valence-electron chi connectivity index (χ0n) is 40.1. The standard InChI is InChI=1S/C53H96NO7P/c1-3-5-7-9-11-13-15-17-19-21-23-24-25-26-27-28-29-30-32-34-36-38-40-42-44-46-53(55)61-52(51-60-62(56,57)59-49-47-54)50-58-48-45-43-41-39-37-35-33-31-22-20-18-16-14-12-10-8-6-4-2/h6,8,12,14-15,17-18,20-21,23,31,33,52H,3-5,7,9-11,13,16,19,22,24-30,32,34-51,54H2,1-2H3,(H,56,57)/b8-6-,14-12-,17-15-,20-18-,23-21-,33-31-. The van der Waals surface area contributed by atoms with E-state index < -0.39 is 13.9 Å². The highest BCUT2D eigenvalue weighted by molar-refractivity contribution is 7.47. The average Bonchev–Trinajstić information content (AvgIpc) is 3.26. The van der Waals surface area contributed by atoms with Crippen LogP contribution in [0.15, 0.2) is 72.9 Å². The molecule has 9 heteroatoms. The zero-order chi connectivity index (χ0) is 45.1. The minimum atomic E-state index is -4.29. The first-order valence-corrected chi connectivity index (χ1v) is 26.9. The van der Waals surface area contributed by atoms with Crippen LogP contribution in [0.1, 0.15) is 219 Å². The van der Waals surface area contributed by atoms with Gasteiger partial charge in [-0.2, -0.15) is 0 Å². The molecule has 0 aliphatic rings. The zero-order valence-corrected chi connectivity index (χ0v) is 41.0. The number of ether oxygens (including phenoxy) is 2. The van der Waals surface area contributed by atoms with Crippen LogP contribution in [-0.2, 0) is 27.9 Å². The summed E-state index contributed by atoms with van der Waals surface area (Å²) in [6.45, 7) is 4.76. The predicted octanol–water partition coefficient (Wildman–Crippen LogP) is 15.9. The molecular formula is C53H96NO7P. The number of allylic oxidation sites excluding steroid dienone is 12. The van der Waals surface area contributed by atoms with Crippen LogP contribution in [0, 0.1) is 0 Å². The Kier molecular flexibility index (Phi) is 48.3. The highest BCUT2D eigenvalue weighted by Gasteiger charge is 2.25. The van der Waals surface area contributed by atoms with Gasteiger partial charge in [-0.25, -0.2) is 4.57 Å². The molecule has 0 aromatic heterocycles. The van der Waals surface area contributed by atoms with E-state index in [0.717, 1.165) is 77.0 Å². The van der Waals surface area contributed by atoms with E-state index in [2.05, 4.69) is 86.8 Å². The van der Waals surface area contributed by atoms with Crippen LogP contribution >= 0.6 is 7.82 Å². The van der Waals surface area contributed by atoms with Crippen LogP contribution in [0.25, 0.3) is 0 Å². The van der Waals surface area contributed by atoms with Gasteiger partial charge in [-0.05, 0) is 83.5 Å². The number of nitrogens with two attached hydrogens (primary N) is 1. The molecule has 0 bridgehead atoms. The fourth-order valence-electron chi connectivity index (χ4n) is 6.90. The predicted molar refractivity (Wildman–Crippen MR) is 265 cm³/mol. The van der Waals surface area contributed by atoms with Crippen molar-refractivity contribution in [3.63, 3.8) is 0 Å². The van der Waals surface area contributed by atoms with Crippen LogP contribution in [0.3, 0.4) is 0 Å². The van der Waals surface area contributed by atoms with Crippen LogP contribution in [0.2, 0.25) is 0 Å². The lowest BCUT2D eigenvalue weighted by Gasteiger charge is -2.20. The fraction of sp³-hybridized carbons (Fsp3) is 0.755. The van der Waals surface area contributed by atoms with Gasteiger partial charge in [0.2, 0.25) is 0 Å². The van der Waals surface area contributed by atoms with Gasteiger partial charge in [0, 0.05) is 19.6 Å². The molecule has 0 aliphatic heterocycles. The molecule has 0 amide bonds. The molecule has 8 nitrogen and oxygen atoms in total. The van der Waals surface area contributed by atoms with Crippen molar-refractivity contribution >= 4 is 13.8 Å². The van der Waals surface area contributed by atoms with Crippen LogP contribution in [0.4, 0.5) is 0 Å². The Morgan fingerprint density at radius 3 is 1.35 bits per heavy atom. The minimum Gasteiger partial charge on any atom is -0.457 e. The lowest BCUT2D eigenvalue weighted by Crippen LogP contribution is -2.28. The van der Waals surface area contributed by atoms with Crippen molar-refractivity contribution in [1.82, 2.24) is 0 Å². The highest BCUT2D eigenvalue weighted by Crippen LogP contribution is 2.43. The summed E-state index contributed by atoms with van der Waals surface area (Å²) in [6, 6.07) is 0. The lowest BCUT2D eigenvalue weighted by atomic mass is 10.0. The van der Waals surface area contributed by atoms with Gasteiger partial charge in [0.1, 0.15) is 6.10 Å². The van der Waals surface area contributed by atoms with Crippen LogP contribution in [-0.4, -0.2) is 49.9 Å². The Labute approximate surface area is 382 Å². The molecule has 0 saturated heterocycles. The van der Waals surface area contributed by atoms with Gasteiger partial charge in [-0.1, -0.05) is 202 Å². The maximum absolute atomic E-state index is 12.7. The molecule has 0 saturated carbocycles. The first-order valence-electron chi connectivity index (χ1n) is 25.4. The maximum atomic E-state index is 12.7. The summed E-state index contributed by atoms with van der Waals surface area (Å²) in [5, 5.41) is 0. The summed E-state index contributed by atoms with van der Waals surface area (Å²) >= 11 is 0. The van der Waals surface area contributed by atoms with E-state index >= 15 is 0 Å². The van der Waals surface area contributed by atoms with E-state index in [-0.39, 0.29) is 32.3 Å². The van der Waals surface area contributed by atoms with Crippen molar-refractivity contribution in [2.75, 3.05) is 33.0 Å². The summed E-state index contributed by atoms with van der Waals surface area (Å²) in [5.74, 6) is -0.339. The summed E-state index contributed by atoms with van der Waals surface area (Å²) in [4.78, 5) is 22.6. The Morgan fingerprint density at radius 2 is 0.903 bits per heavy atom. The lowest BCUT2D eigenvalue weighted by molar-refractivity contribution is -0.154. The van der Waals surface area contributed by atoms with Crippen molar-refractivity contribution in [3.8, 4) is 0 Å². The summed E-state index contributed by atoms with van der Waals surface area (Å²) in [7, 11) is -4.29. The van der Waals surface area contributed by atoms with E-state index in [9.17, 15) is 14.3 Å². The molecule has 0 fully saturated rings. The Bertz CT molecular complexity index is 1180. The average molecular weight is 890 g/mol. The molecule has 0 rings (SSSR count). The second-order valence-corrected chi connectivity index (χ2v) is 18.1. The van der Waals surface area contributed by atoms with Gasteiger partial charge >= 0.3 is 13.8 Å². The largest absolute Gasteiger partial charge is 0.472 e. The molecular weight excluding hydrogens is 794 g/mol. The van der Waals surface area contributed by atoms with Crippen molar-refractivity contribution < 1.29 is 32.8 Å². The van der Waals surface area contributed by atoms with Crippen molar-refractivity contribution in [2.24, 2.45) is 5.73 Å². The third kappa shape index (κ3) is 49.0. The number of rotatable bonds is 48. The van der Waals surface area contributed by atoms with E-state index in [4.69, 9.17) is 24.3 Å². The molecule has 360 valence electrons. The van der Waals surface area contributed by atoms with Gasteiger partial charge in [0.15, 0.2) is 0 Å². The van der Waals surface area contributed by atoms with E-state index in [1.165, 1.54) is 122 Å². The van der Waals surface area contributed by atoms with Gasteiger partial charge in [0.05, 0.1) is 19.8 Å². The van der Waals surface area contributed by atoms with E-state index in [1.807, 2.05) is 0 Å². The SMILES string of the molecule is CC/C=C\C/C=C\C/C=C\C/C=C\CCCCCCCOCC(COP(=O)(O)OCCN)OC(=O)CCCCCCCCCCCCCCC/C=C\C/C=C\CCCCCCC. The molecule has 2 unspecified atom stereocenters. The normalized spacial score (nSPS) is 13.9. The van der Waals surface area contributed by atoms with Gasteiger partial charge in [-0.15, -0.1) is 0 Å². The molecule has 2 atom stereocenters. The van der Waals surface area contributed by atoms with E-state index in [1.54, 1.807) is 0 Å².